The van der Waals surface area contributed by atoms with E-state index in [2.05, 4.69) is 43.2 Å². The Morgan fingerprint density at radius 2 is 1.87 bits per heavy atom. The minimum atomic E-state index is 0. The van der Waals surface area contributed by atoms with Crippen LogP contribution >= 0.6 is 24.0 Å². The second kappa shape index (κ2) is 14.3. The number of nitrogens with zero attached hydrogens (tertiary/aromatic N) is 2. The number of nitrogens with one attached hydrogen (secondary N) is 2. The largest absolute Gasteiger partial charge is 0.379 e. The van der Waals surface area contributed by atoms with Gasteiger partial charge in [0, 0.05) is 32.2 Å². The molecule has 2 N–H and O–H groups in total. The lowest BCUT2D eigenvalue weighted by atomic mass is 10.0. The van der Waals surface area contributed by atoms with E-state index in [4.69, 9.17) is 9.73 Å². The molecule has 0 aromatic rings. The summed E-state index contributed by atoms with van der Waals surface area (Å²) >= 11 is 0. The molecule has 1 fully saturated rings. The summed E-state index contributed by atoms with van der Waals surface area (Å²) in [5.41, 5.74) is 0. The molecule has 1 aliphatic rings. The third-order valence-electron chi connectivity index (χ3n) is 3.94. The first-order valence-electron chi connectivity index (χ1n) is 8.96. The van der Waals surface area contributed by atoms with Crippen LogP contribution in [0.1, 0.15) is 47.0 Å². The van der Waals surface area contributed by atoms with Crippen LogP contribution in [0, 0.1) is 5.92 Å². The molecular formula is C17H37IN4O. The summed E-state index contributed by atoms with van der Waals surface area (Å²) in [6.07, 6.45) is 3.78. The van der Waals surface area contributed by atoms with Gasteiger partial charge in [-0.1, -0.05) is 26.7 Å². The number of hydrogen-bond donors (Lipinski definition) is 2. The topological polar surface area (TPSA) is 48.9 Å². The zero-order chi connectivity index (χ0) is 16.2. The first-order valence-corrected chi connectivity index (χ1v) is 8.96. The Bertz CT molecular complexity index is 307. The normalized spacial score (nSPS) is 17.7. The van der Waals surface area contributed by atoms with Crippen LogP contribution < -0.4 is 10.6 Å². The highest BCUT2D eigenvalue weighted by molar-refractivity contribution is 14.0. The summed E-state index contributed by atoms with van der Waals surface area (Å²) in [5.74, 6) is 1.75. The molecule has 1 rings (SSSR count). The van der Waals surface area contributed by atoms with Gasteiger partial charge in [0.1, 0.15) is 0 Å². The fourth-order valence-corrected chi connectivity index (χ4v) is 2.59. The fourth-order valence-electron chi connectivity index (χ4n) is 2.59. The van der Waals surface area contributed by atoms with Crippen LogP contribution in [-0.4, -0.2) is 62.8 Å². The van der Waals surface area contributed by atoms with E-state index in [1.165, 1.54) is 19.3 Å². The molecule has 1 aliphatic heterocycles. The lowest BCUT2D eigenvalue weighted by molar-refractivity contribution is 0.0394. The van der Waals surface area contributed by atoms with Crippen molar-refractivity contribution in [3.05, 3.63) is 0 Å². The van der Waals surface area contributed by atoms with E-state index in [0.717, 1.165) is 57.8 Å². The Kier molecular flexibility index (Phi) is 14.2. The minimum Gasteiger partial charge on any atom is -0.379 e. The van der Waals surface area contributed by atoms with Crippen LogP contribution in [0.25, 0.3) is 0 Å². The first kappa shape index (κ1) is 22.9. The second-order valence-electron chi connectivity index (χ2n) is 6.58. The summed E-state index contributed by atoms with van der Waals surface area (Å²) in [7, 11) is 0. The lowest BCUT2D eigenvalue weighted by Crippen LogP contribution is -2.43. The number of halogens is 1. The van der Waals surface area contributed by atoms with Gasteiger partial charge in [-0.2, -0.15) is 0 Å². The molecule has 0 aromatic heterocycles. The van der Waals surface area contributed by atoms with Crippen molar-refractivity contribution in [1.29, 1.82) is 0 Å². The molecule has 138 valence electrons. The zero-order valence-corrected chi connectivity index (χ0v) is 17.8. The van der Waals surface area contributed by atoms with Gasteiger partial charge in [0.25, 0.3) is 0 Å². The highest BCUT2D eigenvalue weighted by Gasteiger charge is 2.10. The summed E-state index contributed by atoms with van der Waals surface area (Å²) in [5, 5.41) is 6.87. The maximum atomic E-state index is 5.37. The Labute approximate surface area is 160 Å². The van der Waals surface area contributed by atoms with Gasteiger partial charge in [0.05, 0.1) is 19.8 Å². The molecule has 1 heterocycles. The highest BCUT2D eigenvalue weighted by atomic mass is 127. The van der Waals surface area contributed by atoms with Crippen LogP contribution in [0.4, 0.5) is 0 Å². The van der Waals surface area contributed by atoms with Gasteiger partial charge in [-0.3, -0.25) is 9.89 Å². The maximum Gasteiger partial charge on any atom is 0.191 e. The van der Waals surface area contributed by atoms with Crippen molar-refractivity contribution >= 4 is 29.9 Å². The van der Waals surface area contributed by atoms with E-state index in [0.29, 0.717) is 6.04 Å². The third kappa shape index (κ3) is 12.0. The number of guanidine groups is 1. The molecular weight excluding hydrogens is 403 g/mol. The molecule has 0 radical (unpaired) electrons. The van der Waals surface area contributed by atoms with Crippen molar-refractivity contribution in [2.45, 2.75) is 53.0 Å². The Balaban J connectivity index is 0.00000484. The first-order chi connectivity index (χ1) is 10.6. The third-order valence-corrected chi connectivity index (χ3v) is 3.94. The Hall–Kier alpha value is -0.0800. The summed E-state index contributed by atoms with van der Waals surface area (Å²) in [4.78, 5) is 7.12. The van der Waals surface area contributed by atoms with Crippen molar-refractivity contribution in [2.75, 3.05) is 45.9 Å². The van der Waals surface area contributed by atoms with Crippen molar-refractivity contribution in [3.8, 4) is 0 Å². The van der Waals surface area contributed by atoms with Gasteiger partial charge in [0.2, 0.25) is 0 Å². The van der Waals surface area contributed by atoms with E-state index in [1.54, 1.807) is 0 Å². The molecule has 0 bridgehead atoms. The fraction of sp³-hybridized carbons (Fsp3) is 0.941. The summed E-state index contributed by atoms with van der Waals surface area (Å²) < 4.78 is 5.37. The average Bonchev–Trinajstić information content (AvgIpc) is 2.48. The average molecular weight is 440 g/mol. The molecule has 5 nitrogen and oxygen atoms in total. The van der Waals surface area contributed by atoms with E-state index < -0.39 is 0 Å². The van der Waals surface area contributed by atoms with E-state index in [-0.39, 0.29) is 24.0 Å². The molecule has 1 unspecified atom stereocenters. The molecule has 0 aliphatic carbocycles. The van der Waals surface area contributed by atoms with Gasteiger partial charge in [-0.05, 0) is 26.2 Å². The maximum absolute atomic E-state index is 5.37. The molecule has 0 spiro atoms. The number of ether oxygens (including phenoxy) is 1. The second-order valence-corrected chi connectivity index (χ2v) is 6.58. The van der Waals surface area contributed by atoms with E-state index in [9.17, 15) is 0 Å². The van der Waals surface area contributed by atoms with Crippen LogP contribution in [0.3, 0.4) is 0 Å². The number of aliphatic imine (C=N–C) groups is 1. The van der Waals surface area contributed by atoms with Crippen LogP contribution in [0.15, 0.2) is 4.99 Å². The predicted molar refractivity (Wildman–Crippen MR) is 110 cm³/mol. The smallest absolute Gasteiger partial charge is 0.191 e. The van der Waals surface area contributed by atoms with E-state index >= 15 is 0 Å². The Morgan fingerprint density at radius 3 is 2.48 bits per heavy atom. The van der Waals surface area contributed by atoms with Gasteiger partial charge in [0.15, 0.2) is 5.96 Å². The van der Waals surface area contributed by atoms with Crippen molar-refractivity contribution in [2.24, 2.45) is 10.9 Å². The standard InChI is InChI=1S/C17H36N4O.HI/c1-5-18-17(20-16(4)8-6-7-15(2)3)19-9-10-21-11-13-22-14-12-21;/h15-16H,5-14H2,1-4H3,(H2,18,19,20);1H. The number of hydrogen-bond acceptors (Lipinski definition) is 3. The van der Waals surface area contributed by atoms with Crippen LogP contribution in [0.5, 0.6) is 0 Å². The van der Waals surface area contributed by atoms with E-state index in [1.807, 2.05) is 0 Å². The van der Waals surface area contributed by atoms with Gasteiger partial charge in [-0.15, -0.1) is 24.0 Å². The van der Waals surface area contributed by atoms with Crippen LogP contribution in [-0.2, 0) is 4.74 Å². The number of morpholine rings is 1. The summed E-state index contributed by atoms with van der Waals surface area (Å²) in [6.45, 7) is 15.5. The minimum absolute atomic E-state index is 0. The zero-order valence-electron chi connectivity index (χ0n) is 15.4. The van der Waals surface area contributed by atoms with Gasteiger partial charge in [-0.25, -0.2) is 0 Å². The predicted octanol–water partition coefficient (Wildman–Crippen LogP) is 2.71. The Morgan fingerprint density at radius 1 is 1.17 bits per heavy atom. The SMILES string of the molecule is CCNC(=NCCN1CCOCC1)NC(C)CCCC(C)C.I. The van der Waals surface area contributed by atoms with Gasteiger partial charge >= 0.3 is 0 Å². The molecule has 0 aromatic carbocycles. The van der Waals surface area contributed by atoms with Crippen LogP contribution in [0.2, 0.25) is 0 Å². The highest BCUT2D eigenvalue weighted by Crippen LogP contribution is 2.08. The molecule has 0 amide bonds. The monoisotopic (exact) mass is 440 g/mol. The van der Waals surface area contributed by atoms with Gasteiger partial charge < -0.3 is 15.4 Å². The summed E-state index contributed by atoms with van der Waals surface area (Å²) in [6, 6.07) is 0.472. The van der Waals surface area contributed by atoms with Crippen molar-refractivity contribution in [3.63, 3.8) is 0 Å². The molecule has 1 saturated heterocycles. The molecule has 23 heavy (non-hydrogen) atoms. The molecule has 1 atom stereocenters. The number of rotatable bonds is 9. The quantitative estimate of drug-likeness (QED) is 0.329. The van der Waals surface area contributed by atoms with Crippen molar-refractivity contribution in [1.82, 2.24) is 15.5 Å². The van der Waals surface area contributed by atoms with Crippen molar-refractivity contribution < 1.29 is 4.74 Å². The lowest BCUT2D eigenvalue weighted by Gasteiger charge is -2.26. The molecule has 0 saturated carbocycles. The molecule has 6 heteroatoms.